The van der Waals surface area contributed by atoms with Gasteiger partial charge in [-0.05, 0) is 0 Å². The van der Waals surface area contributed by atoms with Crippen molar-refractivity contribution >= 4 is 26.0 Å². The van der Waals surface area contributed by atoms with Crippen LogP contribution in [0.15, 0.2) is 0 Å². The van der Waals surface area contributed by atoms with Crippen LogP contribution in [-0.2, 0) is 23.9 Å². The first-order chi connectivity index (χ1) is 7.38. The average molecular weight is 349 g/mol. The van der Waals surface area contributed by atoms with Crippen LogP contribution in [0.3, 0.4) is 0 Å². The molecule has 0 rings (SSSR count). The molecule has 5 nitrogen and oxygen atoms in total. The Morgan fingerprint density at radius 3 is 2.33 bits per heavy atom. The van der Waals surface area contributed by atoms with Crippen molar-refractivity contribution in [2.45, 2.75) is 33.0 Å². The van der Waals surface area contributed by atoms with Crippen LogP contribution in [0.25, 0.3) is 0 Å². The molecule has 0 aliphatic carbocycles. The molecule has 0 amide bonds. The van der Waals surface area contributed by atoms with Gasteiger partial charge >= 0.3 is 104 Å². The van der Waals surface area contributed by atoms with E-state index in [-0.39, 0.29) is 5.12 Å². The van der Waals surface area contributed by atoms with Crippen LogP contribution in [0, 0.1) is 0 Å². The zero-order valence-corrected chi connectivity index (χ0v) is 11.5. The standard InChI is InChI=1S/C8H12IO5S/c1-4(13-6(3)10)7(11)14-5(2)8(12)15-9/h4-5,9H,1-3H3/q-1/t4-,5-/m0/s1/i9T. The fraction of sp³-hybridized carbons (Fsp3) is 0.625. The number of hydrogen-bond acceptors (Lipinski definition) is 6. The molecule has 0 saturated carbocycles. The van der Waals surface area contributed by atoms with E-state index in [1.807, 2.05) is 0 Å². The minimum absolute atomic E-state index is 0.355. The van der Waals surface area contributed by atoms with Crippen LogP contribution in [-0.4, -0.2) is 29.9 Å². The van der Waals surface area contributed by atoms with E-state index in [2.05, 4.69) is 4.74 Å². The second-order valence-electron chi connectivity index (χ2n) is 2.73. The van der Waals surface area contributed by atoms with Crippen LogP contribution in [0.5, 0.6) is 0 Å². The van der Waals surface area contributed by atoms with E-state index in [0.29, 0.717) is 0 Å². The van der Waals surface area contributed by atoms with Crippen molar-refractivity contribution < 1.29 is 44.9 Å². The SMILES string of the molecule is [3H][I-]SC(=O)[C@H](C)OC(=O)[C@H](C)OC(C)=O. The van der Waals surface area contributed by atoms with Crippen molar-refractivity contribution in [2.24, 2.45) is 0 Å². The topological polar surface area (TPSA) is 69.7 Å². The summed E-state index contributed by atoms with van der Waals surface area (Å²) in [4.78, 5) is 33.1. The van der Waals surface area contributed by atoms with Crippen LogP contribution < -0.4 is 21.0 Å². The van der Waals surface area contributed by atoms with Gasteiger partial charge in [-0.25, -0.2) is 0 Å². The second-order valence-corrected chi connectivity index (χ2v) is 4.60. The van der Waals surface area contributed by atoms with Gasteiger partial charge in [0.15, 0.2) is 0 Å². The van der Waals surface area contributed by atoms with Gasteiger partial charge in [0.25, 0.3) is 0 Å². The predicted molar refractivity (Wildman–Crippen MR) is 50.8 cm³/mol. The molecule has 0 aromatic carbocycles. The number of ether oxygens (including phenoxy) is 2. The Labute approximate surface area is 104 Å². The van der Waals surface area contributed by atoms with E-state index in [9.17, 15) is 14.4 Å². The molecule has 15 heavy (non-hydrogen) atoms. The molecule has 0 unspecified atom stereocenters. The Hall–Kier alpha value is -0.310. The third kappa shape index (κ3) is 5.98. The number of hydrogen-bond donors (Lipinski definition) is 0. The van der Waals surface area contributed by atoms with Crippen LogP contribution >= 0.6 is 8.93 Å². The van der Waals surface area contributed by atoms with Crippen molar-refractivity contribution in [2.75, 3.05) is 0 Å². The molecular formula is C8H12IO5S-. The Morgan fingerprint density at radius 1 is 1.27 bits per heavy atom. The maximum absolute atomic E-state index is 11.3. The normalized spacial score (nSPS) is 15.0. The average Bonchev–Trinajstić information content (AvgIpc) is 2.16. The van der Waals surface area contributed by atoms with E-state index in [1.165, 1.54) is 20.8 Å². The van der Waals surface area contributed by atoms with Gasteiger partial charge in [0, 0.05) is 0 Å². The first kappa shape index (κ1) is 12.8. The molecule has 2 atom stereocenters. The Balaban J connectivity index is 4.12. The maximum atomic E-state index is 11.3. The van der Waals surface area contributed by atoms with E-state index < -0.39 is 45.2 Å². The summed E-state index contributed by atoms with van der Waals surface area (Å²) in [5.41, 5.74) is 0. The zero-order chi connectivity index (χ0) is 12.7. The fourth-order valence-corrected chi connectivity index (χ4v) is 1.93. The molecule has 0 N–H and O–H groups in total. The summed E-state index contributed by atoms with van der Waals surface area (Å²) >= 11 is -0.982. The summed E-state index contributed by atoms with van der Waals surface area (Å²) in [5, 5.41) is -0.355. The van der Waals surface area contributed by atoms with E-state index in [4.69, 9.17) is 5.33 Å². The van der Waals surface area contributed by atoms with Gasteiger partial charge in [-0.2, -0.15) is 0 Å². The Bertz CT molecular complexity index is 286. The summed E-state index contributed by atoms with van der Waals surface area (Å²) in [6.45, 7) is 3.97. The predicted octanol–water partition coefficient (Wildman–Crippen LogP) is -2.67. The number of carbonyl (C=O) groups excluding carboxylic acids is 3. The molecule has 0 aliphatic heterocycles. The van der Waals surface area contributed by atoms with E-state index >= 15 is 0 Å². The van der Waals surface area contributed by atoms with Gasteiger partial charge in [0.1, 0.15) is 0 Å². The molecule has 7 heteroatoms. The molecule has 88 valence electrons. The summed E-state index contributed by atoms with van der Waals surface area (Å²) in [5.74, 6) is -1.35. The Morgan fingerprint density at radius 2 is 1.87 bits per heavy atom. The molecule has 0 saturated heterocycles. The van der Waals surface area contributed by atoms with Gasteiger partial charge in [0.2, 0.25) is 0 Å². The number of esters is 2. The van der Waals surface area contributed by atoms with Crippen molar-refractivity contribution in [3.05, 3.63) is 0 Å². The third-order valence-electron chi connectivity index (χ3n) is 1.38. The Kier molecular flexibility index (Phi) is 5.99. The molecule has 0 aromatic rings. The van der Waals surface area contributed by atoms with Crippen molar-refractivity contribution in [3.63, 3.8) is 0 Å². The molecule has 0 spiro atoms. The van der Waals surface area contributed by atoms with Crippen molar-refractivity contribution in [3.8, 4) is 0 Å². The monoisotopic (exact) mass is 349 g/mol. The molecule has 0 aliphatic rings. The van der Waals surface area contributed by atoms with E-state index in [1.54, 1.807) is 0 Å². The van der Waals surface area contributed by atoms with Crippen molar-refractivity contribution in [1.82, 2.24) is 0 Å². The summed E-state index contributed by atoms with van der Waals surface area (Å²) in [7, 11) is 0.860. The quantitative estimate of drug-likeness (QED) is 0.398. The van der Waals surface area contributed by atoms with Gasteiger partial charge in [0.05, 0.1) is 0 Å². The van der Waals surface area contributed by atoms with E-state index in [0.717, 1.165) is 8.93 Å². The first-order valence-electron chi connectivity index (χ1n) is 4.46. The number of rotatable bonds is 5. The van der Waals surface area contributed by atoms with Crippen LogP contribution in [0.2, 0.25) is 0 Å². The fourth-order valence-electron chi connectivity index (χ4n) is 0.678. The number of halogens is 1. The van der Waals surface area contributed by atoms with Gasteiger partial charge < -0.3 is 0 Å². The molecule has 0 heterocycles. The minimum atomic E-state index is -1.02. The molecule has 0 radical (unpaired) electrons. The summed E-state index contributed by atoms with van der Waals surface area (Å²) in [6.07, 6.45) is -1.94. The second kappa shape index (κ2) is 7.04. The van der Waals surface area contributed by atoms with Gasteiger partial charge in [-0.1, -0.05) is 0 Å². The van der Waals surface area contributed by atoms with Gasteiger partial charge in [-0.3, -0.25) is 0 Å². The summed E-state index contributed by atoms with van der Waals surface area (Å²) in [6, 6.07) is 0. The third-order valence-corrected chi connectivity index (χ3v) is 3.16. The van der Waals surface area contributed by atoms with Crippen LogP contribution in [0.1, 0.15) is 20.8 Å². The zero-order valence-electron chi connectivity index (χ0n) is 9.48. The summed E-state index contributed by atoms with van der Waals surface area (Å²) < 4.78 is 16.3. The van der Waals surface area contributed by atoms with Crippen LogP contribution in [0.4, 0.5) is 0 Å². The van der Waals surface area contributed by atoms with Gasteiger partial charge in [-0.15, -0.1) is 0 Å². The molecule has 0 bridgehead atoms. The number of carbonyl (C=O) groups is 3. The molecule has 0 aromatic heterocycles. The van der Waals surface area contributed by atoms with Crippen molar-refractivity contribution in [1.29, 1.82) is 0.594 Å². The first-order valence-corrected chi connectivity index (χ1v) is 7.44. The molecular weight excluding hydrogens is 335 g/mol. The molecule has 0 fully saturated rings.